The molecule has 6 aliphatic carbocycles. The summed E-state index contributed by atoms with van der Waals surface area (Å²) in [5.41, 5.74) is 38.9. The summed E-state index contributed by atoms with van der Waals surface area (Å²) >= 11 is 0. The zero-order chi connectivity index (χ0) is 81.3. The van der Waals surface area contributed by atoms with E-state index in [0.29, 0.717) is 0 Å². The van der Waals surface area contributed by atoms with E-state index in [2.05, 4.69) is 293 Å². The summed E-state index contributed by atoms with van der Waals surface area (Å²) in [7, 11) is 0. The van der Waals surface area contributed by atoms with E-state index in [9.17, 15) is 0 Å². The van der Waals surface area contributed by atoms with E-state index in [1.165, 1.54) is 288 Å². The molecule has 0 N–H and O–H groups in total. The fraction of sp³-hybridized carbons (Fsp3) is 0.385. The molecule has 0 aromatic heterocycles. The molecule has 13 aromatic rings. The Hall–Kier alpha value is -9.96. The van der Waals surface area contributed by atoms with Crippen LogP contribution in [0, 0.1) is 0 Å². The van der Waals surface area contributed by atoms with E-state index in [-0.39, 0.29) is 16.2 Å². The molecular weight excluding hydrogens is 1450 g/mol. The van der Waals surface area contributed by atoms with Gasteiger partial charge in [-0.2, -0.15) is 0 Å². The van der Waals surface area contributed by atoms with E-state index in [1.807, 2.05) is 0 Å². The highest BCUT2D eigenvalue weighted by atomic mass is 15.2. The Labute approximate surface area is 719 Å². The number of nitrogens with zero attached hydrogens (tertiary/aromatic N) is 3. The monoisotopic (exact) mass is 1580 g/mol. The second kappa shape index (κ2) is 34.9. The van der Waals surface area contributed by atoms with Gasteiger partial charge in [0.1, 0.15) is 0 Å². The molecule has 0 heterocycles. The van der Waals surface area contributed by atoms with E-state index in [4.69, 9.17) is 0 Å². The van der Waals surface area contributed by atoms with Crippen molar-refractivity contribution in [2.45, 2.75) is 289 Å². The molecule has 0 amide bonds. The van der Waals surface area contributed by atoms with Crippen molar-refractivity contribution < 1.29 is 0 Å². The Kier molecular flexibility index (Phi) is 23.2. The molecule has 0 unspecified atom stereocenters. The van der Waals surface area contributed by atoms with E-state index in [0.717, 1.165) is 77.0 Å². The van der Waals surface area contributed by atoms with Crippen LogP contribution in [0.4, 0.5) is 51.2 Å². The second-order valence-electron chi connectivity index (χ2n) is 37.4. The summed E-state index contributed by atoms with van der Waals surface area (Å²) in [6.07, 6.45) is 43.0. The highest BCUT2D eigenvalue weighted by Gasteiger charge is 2.58. The number of hydrogen-bond donors (Lipinski definition) is 0. The van der Waals surface area contributed by atoms with Crippen LogP contribution >= 0.6 is 0 Å². The van der Waals surface area contributed by atoms with Crippen LogP contribution in [0.3, 0.4) is 0 Å². The lowest BCUT2D eigenvalue weighted by Gasteiger charge is -2.40. The van der Waals surface area contributed by atoms with Crippen LogP contribution in [0.1, 0.15) is 301 Å². The highest BCUT2D eigenvalue weighted by molar-refractivity contribution is 6.09. The molecule has 0 fully saturated rings. The maximum Gasteiger partial charge on any atom is 0.0540 e. The lowest BCUT2D eigenvalue weighted by Crippen LogP contribution is -2.31. The second-order valence-corrected chi connectivity index (χ2v) is 37.4. The Morgan fingerprint density at radius 1 is 0.217 bits per heavy atom. The fourth-order valence-corrected chi connectivity index (χ4v) is 23.8. The number of fused-ring (bicyclic) bond motifs is 18. The molecule has 0 saturated heterocycles. The number of aryl methyl sites for hydroxylation is 6. The van der Waals surface area contributed by atoms with Crippen LogP contribution in [-0.4, -0.2) is 0 Å². The van der Waals surface area contributed by atoms with Gasteiger partial charge in [-0.25, -0.2) is 0 Å². The first-order valence-electron chi connectivity index (χ1n) is 48.1. The fourth-order valence-electron chi connectivity index (χ4n) is 23.8. The topological polar surface area (TPSA) is 9.72 Å². The molecule has 0 bridgehead atoms. The molecule has 13 aromatic carbocycles. The minimum Gasteiger partial charge on any atom is -0.310 e. The van der Waals surface area contributed by atoms with Gasteiger partial charge in [-0.3, -0.25) is 0 Å². The molecule has 19 rings (SSSR count). The minimum absolute atomic E-state index is 0.320. The van der Waals surface area contributed by atoms with Gasteiger partial charge in [0.15, 0.2) is 0 Å². The number of hydrogen-bond acceptors (Lipinski definition) is 3. The van der Waals surface area contributed by atoms with Crippen molar-refractivity contribution in [1.29, 1.82) is 0 Å². The first-order valence-corrected chi connectivity index (χ1v) is 48.1. The van der Waals surface area contributed by atoms with Crippen molar-refractivity contribution in [3.8, 4) is 33.4 Å². The number of unbranched alkanes of at least 4 members (excludes halogenated alkanes) is 18. The molecule has 120 heavy (non-hydrogen) atoms. The summed E-state index contributed by atoms with van der Waals surface area (Å²) < 4.78 is 0. The summed E-state index contributed by atoms with van der Waals surface area (Å²) in [6, 6.07) is 96.3. The SMILES string of the molecule is CCCCCCC1(CCCCCC)c2cc(N(c3ccc4c(c3)CC4)c3cccc4ccccc34)ccc2-c2c1c1c(c3c2C(CCCCCC)(CCCCCC)c2cc(N(c4ccc5c(c4)CC5)c4cccc5ccccc45)ccc2-3)C(CCCCCC)(CCCCCC)c2cc(N(c3ccc4c(c3)CC4)c3cccc4ccccc34)ccc2-1. The quantitative estimate of drug-likeness (QED) is 0.0356. The summed E-state index contributed by atoms with van der Waals surface area (Å²) in [5, 5.41) is 7.74. The molecule has 0 saturated carbocycles. The molecule has 0 aliphatic heterocycles. The maximum absolute atomic E-state index is 2.87. The van der Waals surface area contributed by atoms with Crippen molar-refractivity contribution in [1.82, 2.24) is 0 Å². The third-order valence-electron chi connectivity index (χ3n) is 30.2. The zero-order valence-corrected chi connectivity index (χ0v) is 73.3. The van der Waals surface area contributed by atoms with Gasteiger partial charge in [-0.1, -0.05) is 341 Å². The Bertz CT molecular complexity index is 5280. The minimum atomic E-state index is -0.320. The van der Waals surface area contributed by atoms with Crippen molar-refractivity contribution in [3.05, 3.63) is 303 Å². The molecule has 0 atom stereocenters. The molecule has 612 valence electrons. The van der Waals surface area contributed by atoms with Crippen molar-refractivity contribution in [2.75, 3.05) is 14.7 Å². The van der Waals surface area contributed by atoms with Crippen molar-refractivity contribution in [2.24, 2.45) is 0 Å². The zero-order valence-electron chi connectivity index (χ0n) is 73.3. The predicted octanol–water partition coefficient (Wildman–Crippen LogP) is 34.5. The first-order chi connectivity index (χ1) is 59.2. The lowest BCUT2D eigenvalue weighted by atomic mass is 9.63. The molecule has 0 spiro atoms. The first kappa shape index (κ1) is 79.8. The van der Waals surface area contributed by atoms with Gasteiger partial charge < -0.3 is 14.7 Å². The van der Waals surface area contributed by atoms with Crippen LogP contribution in [0.15, 0.2) is 237 Å². The van der Waals surface area contributed by atoms with Crippen molar-refractivity contribution >= 4 is 83.5 Å². The van der Waals surface area contributed by atoms with Gasteiger partial charge in [-0.15, -0.1) is 0 Å². The van der Waals surface area contributed by atoms with Gasteiger partial charge in [0.2, 0.25) is 0 Å². The van der Waals surface area contributed by atoms with Gasteiger partial charge in [0.05, 0.1) is 17.1 Å². The van der Waals surface area contributed by atoms with Gasteiger partial charge in [0.25, 0.3) is 0 Å². The lowest BCUT2D eigenvalue weighted by molar-refractivity contribution is 0.389. The Morgan fingerprint density at radius 3 is 0.692 bits per heavy atom. The summed E-state index contributed by atoms with van der Waals surface area (Å²) in [5.74, 6) is 0. The van der Waals surface area contributed by atoms with E-state index in [1.54, 1.807) is 50.1 Å². The summed E-state index contributed by atoms with van der Waals surface area (Å²) in [6.45, 7) is 14.6. The largest absolute Gasteiger partial charge is 0.310 e. The van der Waals surface area contributed by atoms with Crippen LogP contribution < -0.4 is 14.7 Å². The van der Waals surface area contributed by atoms with Gasteiger partial charge >= 0.3 is 0 Å². The average Bonchev–Trinajstić information content (AvgIpc) is 1.48. The third kappa shape index (κ3) is 14.1. The molecule has 0 radical (unpaired) electrons. The normalized spacial score (nSPS) is 14.8. The smallest absolute Gasteiger partial charge is 0.0540 e. The Morgan fingerprint density at radius 2 is 0.450 bits per heavy atom. The molecule has 6 aliphatic rings. The van der Waals surface area contributed by atoms with Gasteiger partial charge in [0, 0.05) is 66.5 Å². The number of rotatable bonds is 39. The average molecular weight is 1580 g/mol. The Balaban J connectivity index is 0.972. The van der Waals surface area contributed by atoms with E-state index < -0.39 is 0 Å². The van der Waals surface area contributed by atoms with Crippen molar-refractivity contribution in [3.63, 3.8) is 0 Å². The standard InChI is InChI=1S/C117H129N3/c1-7-13-19-31-70-115(71-32-20-14-8-2)103-79-94(118(91-61-58-82-52-55-88(82)76-91)106-49-37-43-85-40-25-28-46-97(85)106)64-67-100(103)109-112(115)110-101-68-65-95(119(92-62-59-83-53-56-89(83)77-92)107-50-38-44-86-41-26-29-47-98(86)107)80-104(101)116(72-33-21-15-9-3,73-34-22-16-10-4)114(110)111-102-69-66-96(81-105(102)117(113(109)111,74-35-23-17-11-5)75-36-24-18-12-6)120(93-63-60-84-54-57-90(84)78-93)108-51-39-45-87-42-27-30-48-99(87)108/h25-30,37-51,58-69,76-81H,7-24,31-36,52-57,70-75H2,1-6H3. The van der Waals surface area contributed by atoms with Crippen LogP contribution in [0.5, 0.6) is 0 Å². The predicted molar refractivity (Wildman–Crippen MR) is 516 cm³/mol. The van der Waals surface area contributed by atoms with Crippen LogP contribution in [0.2, 0.25) is 0 Å². The summed E-state index contributed by atoms with van der Waals surface area (Å²) in [4.78, 5) is 8.16. The van der Waals surface area contributed by atoms with Crippen LogP contribution in [0.25, 0.3) is 65.7 Å². The van der Waals surface area contributed by atoms with Gasteiger partial charge in [-0.05, 0) is 284 Å². The maximum atomic E-state index is 2.87. The molecule has 3 nitrogen and oxygen atoms in total. The molecule has 3 heteroatoms. The third-order valence-corrected chi connectivity index (χ3v) is 30.2. The van der Waals surface area contributed by atoms with E-state index >= 15 is 0 Å². The number of benzene rings is 13. The highest BCUT2D eigenvalue weighted by Crippen LogP contribution is 2.73. The number of anilines is 9. The van der Waals surface area contributed by atoms with Crippen LogP contribution in [-0.2, 0) is 54.8 Å². The molecular formula is C117H129N3.